The van der Waals surface area contributed by atoms with Crippen LogP contribution in [0.15, 0.2) is 24.3 Å². The second-order valence-electron chi connectivity index (χ2n) is 2.92. The second kappa shape index (κ2) is 4.01. The van der Waals surface area contributed by atoms with E-state index in [0.717, 1.165) is 4.78 Å². The molecule has 0 unspecified atom stereocenters. The predicted molar refractivity (Wildman–Crippen MR) is 48.7 cm³/mol. The third-order valence-electron chi connectivity index (χ3n) is 2.37. The van der Waals surface area contributed by atoms with E-state index in [9.17, 15) is 0 Å². The lowest BCUT2D eigenvalue weighted by atomic mass is 10.5. The van der Waals surface area contributed by atoms with Gasteiger partial charge in [0, 0.05) is 0 Å². The molecule has 0 aromatic heterocycles. The molecule has 1 rings (SSSR count). The van der Waals surface area contributed by atoms with Crippen molar-refractivity contribution in [1.82, 2.24) is 0 Å². The Balaban J connectivity index is 2.45. The van der Waals surface area contributed by atoms with Crippen molar-refractivity contribution in [2.45, 2.75) is 29.2 Å². The fourth-order valence-corrected chi connectivity index (χ4v) is 4.15. The van der Waals surface area contributed by atoms with E-state index in [1.807, 2.05) is 0 Å². The molecule has 0 N–H and O–H groups in total. The fraction of sp³-hybridized carbons (Fsp3) is 0.556. The predicted octanol–water partition coefficient (Wildman–Crippen LogP) is 3.02. The van der Waals surface area contributed by atoms with Crippen LogP contribution in [0, 0.1) is 0 Å². The highest BCUT2D eigenvalue weighted by Gasteiger charge is 2.20. The maximum atomic E-state index is 2.36. The Kier molecular flexibility index (Phi) is 3.25. The van der Waals surface area contributed by atoms with Gasteiger partial charge in [0.05, 0.1) is 0 Å². The highest BCUT2D eigenvalue weighted by molar-refractivity contribution is 6.61. The summed E-state index contributed by atoms with van der Waals surface area (Å²) < 4.78 is 0.870. The van der Waals surface area contributed by atoms with Gasteiger partial charge in [0.2, 0.25) is 0 Å². The van der Waals surface area contributed by atoms with E-state index in [-0.39, 0.29) is 0 Å². The molecule has 0 atom stereocenters. The number of allylic oxidation sites excluding steroid dienone is 4. The van der Waals surface area contributed by atoms with Crippen LogP contribution in [0.5, 0.6) is 0 Å². The Bertz CT molecular complexity index is 131. The molecule has 1 aliphatic carbocycles. The molecule has 0 heterocycles. The van der Waals surface area contributed by atoms with Gasteiger partial charge >= 0.3 is 0 Å². The molecule has 0 spiro atoms. The average molecular weight is 150 g/mol. The van der Waals surface area contributed by atoms with Crippen LogP contribution in [0.4, 0.5) is 0 Å². The molecular weight excluding hydrogens is 135 g/mol. The fourth-order valence-electron chi connectivity index (χ4n) is 1.60. The molecule has 0 bridgehead atoms. The lowest BCUT2D eigenvalue weighted by molar-refractivity contribution is 1.20. The van der Waals surface area contributed by atoms with Gasteiger partial charge < -0.3 is 0 Å². The first-order valence-corrected chi connectivity index (χ1v) is 6.53. The quantitative estimate of drug-likeness (QED) is 0.542. The maximum Gasteiger partial charge on any atom is 0.275 e. The molecule has 0 aromatic carbocycles. The van der Waals surface area contributed by atoms with E-state index in [0.29, 0.717) is 0 Å². The minimum atomic E-state index is -0.418. The topological polar surface area (TPSA) is 0 Å². The zero-order valence-corrected chi connectivity index (χ0v) is 8.03. The molecular formula is C9H15Al. The van der Waals surface area contributed by atoms with Crippen molar-refractivity contribution < 1.29 is 0 Å². The highest BCUT2D eigenvalue weighted by Crippen LogP contribution is 2.23. The minimum absolute atomic E-state index is 0.418. The largest absolute Gasteiger partial charge is 0.275 e. The van der Waals surface area contributed by atoms with Crippen LogP contribution in [0.3, 0.4) is 0 Å². The molecule has 0 amide bonds. The van der Waals surface area contributed by atoms with Crippen LogP contribution < -0.4 is 0 Å². The van der Waals surface area contributed by atoms with Crippen LogP contribution in [0.1, 0.15) is 13.8 Å². The highest BCUT2D eigenvalue weighted by atomic mass is 27.2. The van der Waals surface area contributed by atoms with Gasteiger partial charge in [0.15, 0.2) is 0 Å². The lowest BCUT2D eigenvalue weighted by Gasteiger charge is -2.09. The van der Waals surface area contributed by atoms with Gasteiger partial charge in [0.1, 0.15) is 0 Å². The number of hydrogen-bond acceptors (Lipinski definition) is 0. The molecule has 54 valence electrons. The summed E-state index contributed by atoms with van der Waals surface area (Å²) in [6.07, 6.45) is 9.11. The van der Waals surface area contributed by atoms with Crippen molar-refractivity contribution in [2.75, 3.05) is 0 Å². The molecule has 0 saturated carbocycles. The van der Waals surface area contributed by atoms with Gasteiger partial charge in [-0.2, -0.15) is 0 Å². The van der Waals surface area contributed by atoms with Gasteiger partial charge in [0.25, 0.3) is 14.1 Å². The van der Waals surface area contributed by atoms with Crippen LogP contribution in [-0.4, -0.2) is 14.1 Å². The molecule has 0 nitrogen and oxygen atoms in total. The van der Waals surface area contributed by atoms with Crippen molar-refractivity contribution in [3.8, 4) is 0 Å². The molecule has 0 radical (unpaired) electrons. The minimum Gasteiger partial charge on any atom is -0.0961 e. The average Bonchev–Trinajstić information content (AvgIpc) is 2.43. The van der Waals surface area contributed by atoms with Gasteiger partial charge in [-0.05, 0) is 4.78 Å². The van der Waals surface area contributed by atoms with Crippen molar-refractivity contribution >= 4 is 14.1 Å². The SMILES string of the molecule is C[CH2][Al]([CH2]C)[CH]1C=CC=C1. The summed E-state index contributed by atoms with van der Waals surface area (Å²) in [5.74, 6) is 0. The Hall–Kier alpha value is 0.0125. The third kappa shape index (κ3) is 1.75. The van der Waals surface area contributed by atoms with E-state index in [2.05, 4.69) is 38.2 Å². The summed E-state index contributed by atoms with van der Waals surface area (Å²) in [5, 5.41) is 2.88. The first-order chi connectivity index (χ1) is 4.88. The molecule has 0 fully saturated rings. The molecule has 0 aliphatic heterocycles. The summed E-state index contributed by atoms with van der Waals surface area (Å²) in [4.78, 5) is 0. The van der Waals surface area contributed by atoms with Crippen LogP contribution in [0.2, 0.25) is 15.3 Å². The smallest absolute Gasteiger partial charge is 0.0961 e. The van der Waals surface area contributed by atoms with Crippen molar-refractivity contribution in [2.24, 2.45) is 0 Å². The zero-order valence-electron chi connectivity index (χ0n) is 6.88. The molecule has 10 heavy (non-hydrogen) atoms. The van der Waals surface area contributed by atoms with E-state index in [1.165, 1.54) is 10.6 Å². The standard InChI is InChI=1S/C5H5.2C2H5.Al/c1-2-4-5-3-1;2*1-2;/h1-5H;2*1H2,2H3;. The molecule has 0 aromatic rings. The lowest BCUT2D eigenvalue weighted by Crippen LogP contribution is -2.13. The summed E-state index contributed by atoms with van der Waals surface area (Å²) in [6, 6.07) is 0. The Morgan fingerprint density at radius 3 is 2.00 bits per heavy atom. The summed E-state index contributed by atoms with van der Waals surface area (Å²) in [6.45, 7) is 4.67. The summed E-state index contributed by atoms with van der Waals surface area (Å²) >= 11 is -0.418. The van der Waals surface area contributed by atoms with Crippen LogP contribution in [0.25, 0.3) is 0 Å². The van der Waals surface area contributed by atoms with E-state index >= 15 is 0 Å². The number of rotatable bonds is 3. The van der Waals surface area contributed by atoms with Crippen molar-refractivity contribution in [3.05, 3.63) is 24.3 Å². The van der Waals surface area contributed by atoms with E-state index in [4.69, 9.17) is 0 Å². The summed E-state index contributed by atoms with van der Waals surface area (Å²) in [5.41, 5.74) is 0. The summed E-state index contributed by atoms with van der Waals surface area (Å²) in [7, 11) is 0. The van der Waals surface area contributed by atoms with Crippen molar-refractivity contribution in [3.63, 3.8) is 0 Å². The second-order valence-corrected chi connectivity index (χ2v) is 6.85. The van der Waals surface area contributed by atoms with Gasteiger partial charge in [-0.15, -0.1) is 0 Å². The molecule has 0 saturated heterocycles. The van der Waals surface area contributed by atoms with E-state index < -0.39 is 14.1 Å². The monoisotopic (exact) mass is 150 g/mol. The zero-order chi connectivity index (χ0) is 7.40. The van der Waals surface area contributed by atoms with Gasteiger partial charge in [-0.1, -0.05) is 48.7 Å². The van der Waals surface area contributed by atoms with Gasteiger partial charge in [-0.3, -0.25) is 0 Å². The Morgan fingerprint density at radius 2 is 1.60 bits per heavy atom. The maximum absolute atomic E-state index is 2.36. The Morgan fingerprint density at radius 1 is 1.10 bits per heavy atom. The molecule has 1 aliphatic rings. The van der Waals surface area contributed by atoms with Crippen LogP contribution >= 0.6 is 0 Å². The number of hydrogen-bond donors (Lipinski definition) is 0. The van der Waals surface area contributed by atoms with E-state index in [1.54, 1.807) is 0 Å². The first kappa shape index (κ1) is 8.11. The molecule has 1 heteroatoms. The van der Waals surface area contributed by atoms with Gasteiger partial charge in [-0.25, -0.2) is 0 Å². The van der Waals surface area contributed by atoms with Crippen molar-refractivity contribution in [1.29, 1.82) is 0 Å². The van der Waals surface area contributed by atoms with Crippen LogP contribution in [-0.2, 0) is 0 Å². The third-order valence-corrected chi connectivity index (χ3v) is 6.00. The normalized spacial score (nSPS) is 16.6. The first-order valence-electron chi connectivity index (χ1n) is 4.23. The Labute approximate surface area is 68.0 Å².